The SMILES string of the molecule is COC(=O)c1sc(N)c(N)c1C(=O)OC. The van der Waals surface area contributed by atoms with Crippen molar-refractivity contribution in [1.82, 2.24) is 0 Å². The number of methoxy groups -OCH3 is 2. The van der Waals surface area contributed by atoms with Gasteiger partial charge in [-0.05, 0) is 0 Å². The number of anilines is 2. The van der Waals surface area contributed by atoms with E-state index in [1.165, 1.54) is 14.2 Å². The average Bonchev–Trinajstić information content (AvgIpc) is 2.53. The molecule has 7 heteroatoms. The van der Waals surface area contributed by atoms with Crippen LogP contribution in [0.1, 0.15) is 20.0 Å². The van der Waals surface area contributed by atoms with Crippen molar-refractivity contribution in [2.45, 2.75) is 0 Å². The highest BCUT2D eigenvalue weighted by atomic mass is 32.1. The van der Waals surface area contributed by atoms with Crippen LogP contribution in [0, 0.1) is 0 Å². The van der Waals surface area contributed by atoms with E-state index in [1.54, 1.807) is 0 Å². The van der Waals surface area contributed by atoms with E-state index in [0.29, 0.717) is 0 Å². The summed E-state index contributed by atoms with van der Waals surface area (Å²) < 4.78 is 8.98. The van der Waals surface area contributed by atoms with Crippen molar-refractivity contribution < 1.29 is 19.1 Å². The van der Waals surface area contributed by atoms with E-state index in [1.807, 2.05) is 0 Å². The van der Waals surface area contributed by atoms with Gasteiger partial charge in [0, 0.05) is 0 Å². The molecule has 1 rings (SSSR count). The van der Waals surface area contributed by atoms with Crippen molar-refractivity contribution in [2.75, 3.05) is 25.7 Å². The molecule has 6 nitrogen and oxygen atoms in total. The fraction of sp³-hybridized carbons (Fsp3) is 0.250. The maximum Gasteiger partial charge on any atom is 0.349 e. The maximum absolute atomic E-state index is 11.3. The normalized spacial score (nSPS) is 9.73. The molecule has 15 heavy (non-hydrogen) atoms. The van der Waals surface area contributed by atoms with Gasteiger partial charge < -0.3 is 20.9 Å². The van der Waals surface area contributed by atoms with Crippen LogP contribution in [0.2, 0.25) is 0 Å². The Bertz CT molecular complexity index is 413. The van der Waals surface area contributed by atoms with Gasteiger partial charge in [0.05, 0.1) is 19.9 Å². The largest absolute Gasteiger partial charge is 0.465 e. The Morgan fingerprint density at radius 1 is 1.13 bits per heavy atom. The summed E-state index contributed by atoms with van der Waals surface area (Å²) in [5.41, 5.74) is 11.1. The summed E-state index contributed by atoms with van der Waals surface area (Å²) in [6.07, 6.45) is 0. The summed E-state index contributed by atoms with van der Waals surface area (Å²) >= 11 is 0.895. The van der Waals surface area contributed by atoms with Gasteiger partial charge in [-0.25, -0.2) is 9.59 Å². The first-order chi connectivity index (χ1) is 7.02. The topological polar surface area (TPSA) is 105 Å². The lowest BCUT2D eigenvalue weighted by atomic mass is 10.2. The zero-order valence-corrected chi connectivity index (χ0v) is 9.01. The number of thiophene rings is 1. The van der Waals surface area contributed by atoms with Gasteiger partial charge in [0.25, 0.3) is 0 Å². The minimum absolute atomic E-state index is 0.0353. The Hall–Kier alpha value is -1.76. The highest BCUT2D eigenvalue weighted by molar-refractivity contribution is 7.18. The van der Waals surface area contributed by atoms with Crippen LogP contribution < -0.4 is 11.5 Å². The molecule has 0 fully saturated rings. The van der Waals surface area contributed by atoms with Crippen molar-refractivity contribution in [2.24, 2.45) is 0 Å². The predicted molar refractivity (Wildman–Crippen MR) is 55.8 cm³/mol. The van der Waals surface area contributed by atoms with E-state index < -0.39 is 11.9 Å². The molecule has 0 aliphatic rings. The monoisotopic (exact) mass is 230 g/mol. The Morgan fingerprint density at radius 2 is 1.67 bits per heavy atom. The van der Waals surface area contributed by atoms with Crippen LogP contribution in [0.5, 0.6) is 0 Å². The Kier molecular flexibility index (Phi) is 3.15. The second kappa shape index (κ2) is 4.18. The van der Waals surface area contributed by atoms with Gasteiger partial charge in [-0.15, -0.1) is 11.3 Å². The van der Waals surface area contributed by atoms with E-state index in [4.69, 9.17) is 11.5 Å². The number of nitrogens with two attached hydrogens (primary N) is 2. The number of rotatable bonds is 2. The maximum atomic E-state index is 11.3. The zero-order chi connectivity index (χ0) is 11.6. The van der Waals surface area contributed by atoms with Crippen LogP contribution in [0.3, 0.4) is 0 Å². The van der Waals surface area contributed by atoms with Crippen LogP contribution in [0.25, 0.3) is 0 Å². The van der Waals surface area contributed by atoms with E-state index in [2.05, 4.69) is 9.47 Å². The summed E-state index contributed by atoms with van der Waals surface area (Å²) in [5, 5.41) is 0.191. The molecule has 0 aromatic carbocycles. The zero-order valence-electron chi connectivity index (χ0n) is 8.20. The van der Waals surface area contributed by atoms with Crippen molar-refractivity contribution in [3.8, 4) is 0 Å². The molecule has 0 bridgehead atoms. The lowest BCUT2D eigenvalue weighted by molar-refractivity contribution is 0.0561. The first-order valence-corrected chi connectivity index (χ1v) is 4.69. The average molecular weight is 230 g/mol. The Morgan fingerprint density at radius 3 is 2.13 bits per heavy atom. The van der Waals surface area contributed by atoms with Crippen LogP contribution in [0.15, 0.2) is 0 Å². The van der Waals surface area contributed by atoms with Crippen LogP contribution in [-0.4, -0.2) is 26.2 Å². The molecular weight excluding hydrogens is 220 g/mol. The number of carbonyl (C=O) groups excluding carboxylic acids is 2. The second-order valence-electron chi connectivity index (χ2n) is 2.57. The molecule has 1 aromatic rings. The van der Waals surface area contributed by atoms with Gasteiger partial charge in [-0.1, -0.05) is 0 Å². The second-order valence-corrected chi connectivity index (χ2v) is 3.62. The predicted octanol–water partition coefficient (Wildman–Crippen LogP) is 0.486. The van der Waals surface area contributed by atoms with Gasteiger partial charge in [0.15, 0.2) is 0 Å². The first kappa shape index (κ1) is 11.3. The van der Waals surface area contributed by atoms with Crippen LogP contribution >= 0.6 is 11.3 Å². The minimum Gasteiger partial charge on any atom is -0.465 e. The number of esters is 2. The van der Waals surface area contributed by atoms with Crippen molar-refractivity contribution in [3.63, 3.8) is 0 Å². The lowest BCUT2D eigenvalue weighted by Gasteiger charge is -2.01. The molecule has 0 atom stereocenters. The molecule has 0 aliphatic heterocycles. The van der Waals surface area contributed by atoms with E-state index in [-0.39, 0.29) is 21.1 Å². The molecule has 0 saturated heterocycles. The molecule has 0 radical (unpaired) electrons. The molecule has 1 heterocycles. The molecule has 1 aromatic heterocycles. The summed E-state index contributed by atoms with van der Waals surface area (Å²) in [5.74, 6) is -1.37. The lowest BCUT2D eigenvalue weighted by Crippen LogP contribution is -2.10. The number of hydrogen-bond donors (Lipinski definition) is 2. The van der Waals surface area contributed by atoms with Gasteiger partial charge in [0.2, 0.25) is 0 Å². The number of ether oxygens (including phenoxy) is 2. The smallest absolute Gasteiger partial charge is 0.349 e. The summed E-state index contributed by atoms with van der Waals surface area (Å²) in [6.45, 7) is 0. The van der Waals surface area contributed by atoms with Gasteiger partial charge in [0.1, 0.15) is 15.4 Å². The highest BCUT2D eigenvalue weighted by Crippen LogP contribution is 2.34. The van der Waals surface area contributed by atoms with Crippen molar-refractivity contribution in [3.05, 3.63) is 10.4 Å². The van der Waals surface area contributed by atoms with Gasteiger partial charge in [-0.3, -0.25) is 0 Å². The number of hydrogen-bond acceptors (Lipinski definition) is 7. The molecule has 0 amide bonds. The fourth-order valence-electron chi connectivity index (χ4n) is 1.00. The molecule has 82 valence electrons. The third-order valence-corrected chi connectivity index (χ3v) is 2.75. The van der Waals surface area contributed by atoms with E-state index >= 15 is 0 Å². The molecular formula is C8H10N2O4S. The molecule has 4 N–H and O–H groups in total. The molecule has 0 aliphatic carbocycles. The standard InChI is InChI=1S/C8H10N2O4S/c1-13-7(11)3-4(9)6(10)15-5(3)8(12)14-2/h9-10H2,1-2H3. The summed E-state index contributed by atoms with van der Waals surface area (Å²) in [7, 11) is 2.40. The minimum atomic E-state index is -0.708. The fourth-order valence-corrected chi connectivity index (χ4v) is 1.90. The quantitative estimate of drug-likeness (QED) is 0.716. The molecule has 0 saturated carbocycles. The van der Waals surface area contributed by atoms with Gasteiger partial charge >= 0.3 is 11.9 Å². The van der Waals surface area contributed by atoms with Gasteiger partial charge in [-0.2, -0.15) is 0 Å². The van der Waals surface area contributed by atoms with Crippen molar-refractivity contribution >= 4 is 34.0 Å². The van der Waals surface area contributed by atoms with Crippen LogP contribution in [-0.2, 0) is 9.47 Å². The summed E-state index contributed by atoms with van der Waals surface area (Å²) in [6, 6.07) is 0. The third kappa shape index (κ3) is 1.86. The number of carbonyl (C=O) groups is 2. The van der Waals surface area contributed by atoms with Crippen LogP contribution in [0.4, 0.5) is 10.7 Å². The van der Waals surface area contributed by atoms with E-state index in [9.17, 15) is 9.59 Å². The molecule has 0 spiro atoms. The first-order valence-electron chi connectivity index (χ1n) is 3.87. The Labute approximate surface area is 89.8 Å². The van der Waals surface area contributed by atoms with E-state index in [0.717, 1.165) is 11.3 Å². The summed E-state index contributed by atoms with van der Waals surface area (Å²) in [4.78, 5) is 22.7. The Balaban J connectivity index is 3.33. The third-order valence-electron chi connectivity index (χ3n) is 1.73. The molecule has 0 unspecified atom stereocenters. The van der Waals surface area contributed by atoms with Crippen molar-refractivity contribution in [1.29, 1.82) is 0 Å². The number of nitrogen functional groups attached to an aromatic ring is 2. The highest BCUT2D eigenvalue weighted by Gasteiger charge is 2.26.